The van der Waals surface area contributed by atoms with E-state index in [9.17, 15) is 20.2 Å². The van der Waals surface area contributed by atoms with Crippen LogP contribution in [0, 0.1) is 10.1 Å². The molecule has 0 amide bonds. The Morgan fingerprint density at radius 2 is 1.64 bits per heavy atom. The predicted molar refractivity (Wildman–Crippen MR) is 96.9 cm³/mol. The molecule has 1 heterocycles. The Balaban J connectivity index is 1.60. The Bertz CT molecular complexity index is 731. The number of rotatable bonds is 5. The van der Waals surface area contributed by atoms with Gasteiger partial charge >= 0.3 is 7.12 Å². The van der Waals surface area contributed by atoms with Crippen molar-refractivity contribution in [3.05, 3.63) is 64.2 Å². The van der Waals surface area contributed by atoms with Gasteiger partial charge in [0.25, 0.3) is 5.69 Å². The van der Waals surface area contributed by atoms with Crippen molar-refractivity contribution in [2.45, 2.75) is 6.54 Å². The first-order chi connectivity index (χ1) is 12.0. The topological polar surface area (TPSA) is 90.1 Å². The first-order valence-electron chi connectivity index (χ1n) is 8.20. The highest BCUT2D eigenvalue weighted by atomic mass is 16.6. The van der Waals surface area contributed by atoms with Crippen LogP contribution in [0.15, 0.2) is 48.5 Å². The third kappa shape index (κ3) is 4.17. The second-order valence-corrected chi connectivity index (χ2v) is 6.11. The number of nitro groups is 1. The summed E-state index contributed by atoms with van der Waals surface area (Å²) in [4.78, 5) is 14.8. The van der Waals surface area contributed by atoms with Gasteiger partial charge in [-0.15, -0.1) is 0 Å². The van der Waals surface area contributed by atoms with E-state index < -0.39 is 12.0 Å². The maximum Gasteiger partial charge on any atom is 0.488 e. The van der Waals surface area contributed by atoms with Gasteiger partial charge in [0.2, 0.25) is 0 Å². The van der Waals surface area contributed by atoms with Crippen molar-refractivity contribution < 1.29 is 15.0 Å². The monoisotopic (exact) mass is 341 g/mol. The number of piperazine rings is 1. The van der Waals surface area contributed by atoms with Crippen LogP contribution in [0.5, 0.6) is 0 Å². The van der Waals surface area contributed by atoms with Crippen LogP contribution < -0.4 is 10.4 Å². The normalized spacial score (nSPS) is 15.2. The summed E-state index contributed by atoms with van der Waals surface area (Å²) in [6.07, 6.45) is 0. The van der Waals surface area contributed by atoms with E-state index in [-0.39, 0.29) is 5.69 Å². The average Bonchev–Trinajstić information content (AvgIpc) is 2.63. The van der Waals surface area contributed by atoms with Gasteiger partial charge in [-0.05, 0) is 23.2 Å². The number of non-ortho nitro benzene ring substituents is 1. The van der Waals surface area contributed by atoms with Crippen LogP contribution in [0.4, 0.5) is 11.4 Å². The van der Waals surface area contributed by atoms with E-state index in [0.717, 1.165) is 37.4 Å². The van der Waals surface area contributed by atoms with E-state index in [1.165, 1.54) is 12.1 Å². The lowest BCUT2D eigenvalue weighted by Crippen LogP contribution is -2.47. The van der Waals surface area contributed by atoms with Crippen molar-refractivity contribution in [2.24, 2.45) is 0 Å². The van der Waals surface area contributed by atoms with E-state index in [0.29, 0.717) is 12.0 Å². The summed E-state index contributed by atoms with van der Waals surface area (Å²) < 4.78 is 0. The summed E-state index contributed by atoms with van der Waals surface area (Å²) in [5, 5.41) is 29.7. The Hall–Kier alpha value is -2.42. The quantitative estimate of drug-likeness (QED) is 0.470. The summed E-state index contributed by atoms with van der Waals surface area (Å²) in [6.45, 7) is 3.99. The van der Waals surface area contributed by atoms with Crippen molar-refractivity contribution in [1.82, 2.24) is 4.90 Å². The summed E-state index contributed by atoms with van der Waals surface area (Å²) in [7, 11) is -1.46. The van der Waals surface area contributed by atoms with Crippen molar-refractivity contribution >= 4 is 24.0 Å². The Kier molecular flexibility index (Phi) is 5.32. The zero-order valence-corrected chi connectivity index (χ0v) is 13.8. The van der Waals surface area contributed by atoms with Gasteiger partial charge in [-0.3, -0.25) is 15.0 Å². The highest BCUT2D eigenvalue weighted by molar-refractivity contribution is 6.59. The molecule has 0 bridgehead atoms. The smallest absolute Gasteiger partial charge is 0.423 e. The summed E-state index contributed by atoms with van der Waals surface area (Å²) in [6, 6.07) is 14.0. The average molecular weight is 341 g/mol. The zero-order chi connectivity index (χ0) is 17.8. The van der Waals surface area contributed by atoms with Crippen LogP contribution >= 0.6 is 0 Å². The van der Waals surface area contributed by atoms with E-state index >= 15 is 0 Å². The molecule has 2 aromatic rings. The number of nitrogens with zero attached hydrogens (tertiary/aromatic N) is 3. The molecule has 7 nitrogen and oxygen atoms in total. The lowest BCUT2D eigenvalue weighted by Gasteiger charge is -2.36. The van der Waals surface area contributed by atoms with Crippen LogP contribution in [0.25, 0.3) is 0 Å². The van der Waals surface area contributed by atoms with E-state index in [4.69, 9.17) is 0 Å². The lowest BCUT2D eigenvalue weighted by molar-refractivity contribution is -0.384. The molecule has 2 N–H and O–H groups in total. The molecule has 0 spiro atoms. The molecular formula is C17H20BN3O4. The Labute approximate surface area is 146 Å². The largest absolute Gasteiger partial charge is 0.488 e. The van der Waals surface area contributed by atoms with Gasteiger partial charge in [0.05, 0.1) is 4.92 Å². The second-order valence-electron chi connectivity index (χ2n) is 6.11. The third-order valence-electron chi connectivity index (χ3n) is 4.53. The van der Waals surface area contributed by atoms with E-state index in [1.54, 1.807) is 24.3 Å². The molecule has 1 saturated heterocycles. The van der Waals surface area contributed by atoms with Crippen LogP contribution in [0.2, 0.25) is 0 Å². The number of hydrogen-bond acceptors (Lipinski definition) is 6. The SMILES string of the molecule is O=[N+]([O-])c1ccc(N2CCN(Cc3ccccc3B(O)O)CC2)cc1. The fraction of sp³-hybridized carbons (Fsp3) is 0.294. The molecule has 0 aliphatic carbocycles. The minimum Gasteiger partial charge on any atom is -0.423 e. The number of hydrogen-bond donors (Lipinski definition) is 2. The fourth-order valence-electron chi connectivity index (χ4n) is 3.12. The maximum atomic E-state index is 10.7. The second kappa shape index (κ2) is 7.65. The van der Waals surface area contributed by atoms with Crippen molar-refractivity contribution in [3.63, 3.8) is 0 Å². The molecule has 0 atom stereocenters. The molecular weight excluding hydrogens is 321 g/mol. The van der Waals surface area contributed by atoms with Gasteiger partial charge in [0.1, 0.15) is 0 Å². The molecule has 25 heavy (non-hydrogen) atoms. The summed E-state index contributed by atoms with van der Waals surface area (Å²) in [5.41, 5.74) is 2.54. The Morgan fingerprint density at radius 3 is 2.24 bits per heavy atom. The van der Waals surface area contributed by atoms with E-state index in [2.05, 4.69) is 9.80 Å². The van der Waals surface area contributed by atoms with Crippen LogP contribution in [0.3, 0.4) is 0 Å². The van der Waals surface area contributed by atoms with Gasteiger partial charge in [0, 0.05) is 50.5 Å². The van der Waals surface area contributed by atoms with Gasteiger partial charge in [-0.2, -0.15) is 0 Å². The molecule has 1 fully saturated rings. The molecule has 8 heteroatoms. The van der Waals surface area contributed by atoms with Crippen molar-refractivity contribution in [1.29, 1.82) is 0 Å². The molecule has 1 aliphatic rings. The predicted octanol–water partition coefficient (Wildman–Crippen LogP) is 0.597. The molecule has 130 valence electrons. The minimum absolute atomic E-state index is 0.0987. The standard InChI is InChI=1S/C17H20BN3O4/c22-18(23)17-4-2-1-3-14(17)13-19-9-11-20(12-10-19)15-5-7-16(8-6-15)21(24)25/h1-8,22-23H,9-13H2. The molecule has 0 radical (unpaired) electrons. The highest BCUT2D eigenvalue weighted by Gasteiger charge is 2.21. The van der Waals surface area contributed by atoms with Crippen molar-refractivity contribution in [2.75, 3.05) is 31.1 Å². The fourth-order valence-corrected chi connectivity index (χ4v) is 3.12. The molecule has 2 aromatic carbocycles. The molecule has 0 saturated carbocycles. The van der Waals surface area contributed by atoms with Crippen molar-refractivity contribution in [3.8, 4) is 0 Å². The van der Waals surface area contributed by atoms with Crippen LogP contribution in [-0.4, -0.2) is 53.2 Å². The van der Waals surface area contributed by atoms with Gasteiger partial charge in [0.15, 0.2) is 0 Å². The first kappa shape index (κ1) is 17.4. The van der Waals surface area contributed by atoms with Crippen LogP contribution in [0.1, 0.15) is 5.56 Å². The summed E-state index contributed by atoms with van der Waals surface area (Å²) >= 11 is 0. The van der Waals surface area contributed by atoms with Gasteiger partial charge in [-0.25, -0.2) is 0 Å². The first-order valence-corrected chi connectivity index (χ1v) is 8.20. The highest BCUT2D eigenvalue weighted by Crippen LogP contribution is 2.21. The number of nitro benzene ring substituents is 1. The molecule has 3 rings (SSSR count). The summed E-state index contributed by atoms with van der Waals surface area (Å²) in [5.74, 6) is 0. The molecule has 0 aromatic heterocycles. The van der Waals surface area contributed by atoms with Crippen LogP contribution in [-0.2, 0) is 6.54 Å². The van der Waals surface area contributed by atoms with Gasteiger partial charge < -0.3 is 14.9 Å². The number of benzene rings is 2. The van der Waals surface area contributed by atoms with E-state index in [1.807, 2.05) is 12.1 Å². The zero-order valence-electron chi connectivity index (χ0n) is 13.8. The Morgan fingerprint density at radius 1 is 1.00 bits per heavy atom. The van der Waals surface area contributed by atoms with Gasteiger partial charge in [-0.1, -0.05) is 24.3 Å². The minimum atomic E-state index is -1.46. The maximum absolute atomic E-state index is 10.7. The number of anilines is 1. The lowest BCUT2D eigenvalue weighted by atomic mass is 9.77. The molecule has 1 aliphatic heterocycles. The third-order valence-corrected chi connectivity index (χ3v) is 4.53. The molecule has 0 unspecified atom stereocenters.